The van der Waals surface area contributed by atoms with Crippen molar-refractivity contribution in [2.45, 2.75) is 0 Å². The van der Waals surface area contributed by atoms with Gasteiger partial charge in [-0.25, -0.2) is 4.98 Å². The summed E-state index contributed by atoms with van der Waals surface area (Å²) in [4.78, 5) is 19.4. The van der Waals surface area contributed by atoms with Crippen molar-refractivity contribution >= 4 is 57.4 Å². The Morgan fingerprint density at radius 1 is 1.07 bits per heavy atom. The minimum absolute atomic E-state index is 0.0597. The van der Waals surface area contributed by atoms with E-state index < -0.39 is 4.92 Å². The number of halogens is 1. The van der Waals surface area contributed by atoms with Crippen LogP contribution < -0.4 is 0 Å². The lowest BCUT2D eigenvalue weighted by Gasteiger charge is -1.94. The number of hydrogen-bond acceptors (Lipinski definition) is 5. The smallest absolute Gasteiger partial charge is 0.270 e. The summed E-state index contributed by atoms with van der Waals surface area (Å²) in [5.41, 5.74) is 3.89. The molecule has 29 heavy (non-hydrogen) atoms. The lowest BCUT2D eigenvalue weighted by Crippen LogP contribution is -1.87. The molecule has 6 nitrogen and oxygen atoms in total. The number of benzene rings is 3. The number of non-ortho nitro benzene ring substituents is 1. The number of allylic oxidation sites excluding steroid dienone is 1. The average Bonchev–Trinajstić information content (AvgIpc) is 3.15. The molecule has 0 fully saturated rings. The number of nitrogens with zero attached hydrogens (tertiary/aromatic N) is 3. The minimum atomic E-state index is -0.414. The first-order valence-electron chi connectivity index (χ1n) is 8.70. The third kappa shape index (κ3) is 4.57. The normalized spacial score (nSPS) is 11.6. The maximum atomic E-state index is 10.8. The maximum Gasteiger partial charge on any atom is 0.270 e. The van der Waals surface area contributed by atoms with Gasteiger partial charge in [-0.3, -0.25) is 15.1 Å². The summed E-state index contributed by atoms with van der Waals surface area (Å²) in [6, 6.07) is 19.9. The van der Waals surface area contributed by atoms with Gasteiger partial charge >= 0.3 is 0 Å². The highest BCUT2D eigenvalue weighted by molar-refractivity contribution is 14.1. The molecule has 0 aliphatic rings. The molecule has 4 rings (SSSR count). The Bertz CT molecular complexity index is 1240. The van der Waals surface area contributed by atoms with E-state index in [1.807, 2.05) is 42.5 Å². The topological polar surface area (TPSA) is 81.5 Å². The van der Waals surface area contributed by atoms with Crippen LogP contribution in [-0.2, 0) is 0 Å². The van der Waals surface area contributed by atoms with E-state index in [-0.39, 0.29) is 5.69 Å². The summed E-state index contributed by atoms with van der Waals surface area (Å²) in [7, 11) is 0. The van der Waals surface area contributed by atoms with Gasteiger partial charge in [-0.2, -0.15) is 0 Å². The van der Waals surface area contributed by atoms with E-state index in [1.54, 1.807) is 30.5 Å². The molecule has 4 aromatic rings. The summed E-state index contributed by atoms with van der Waals surface area (Å²) in [6.07, 6.45) is 5.14. The van der Waals surface area contributed by atoms with Gasteiger partial charge in [0.25, 0.3) is 5.69 Å². The molecule has 3 aromatic carbocycles. The van der Waals surface area contributed by atoms with Crippen molar-refractivity contribution in [3.63, 3.8) is 0 Å². The number of hydrogen-bond donors (Lipinski definition) is 0. The Balaban J connectivity index is 1.51. The molecule has 0 saturated carbocycles. The van der Waals surface area contributed by atoms with Gasteiger partial charge in [0.2, 0.25) is 5.89 Å². The molecule has 0 spiro atoms. The molecule has 0 saturated heterocycles. The fraction of sp³-hybridized carbons (Fsp3) is 0. The highest BCUT2D eigenvalue weighted by Crippen LogP contribution is 2.27. The highest BCUT2D eigenvalue weighted by atomic mass is 127. The first kappa shape index (κ1) is 19.0. The van der Waals surface area contributed by atoms with Gasteiger partial charge in [0.1, 0.15) is 5.52 Å². The van der Waals surface area contributed by atoms with Gasteiger partial charge in [-0.1, -0.05) is 18.2 Å². The van der Waals surface area contributed by atoms with Crippen LogP contribution in [0.15, 0.2) is 82.2 Å². The molecule has 1 aromatic heterocycles. The first-order chi connectivity index (χ1) is 14.1. The van der Waals surface area contributed by atoms with E-state index in [0.29, 0.717) is 11.5 Å². The van der Waals surface area contributed by atoms with Gasteiger partial charge in [0.05, 0.1) is 10.6 Å². The molecular formula is C22H14IN3O3. The zero-order chi connectivity index (χ0) is 20.2. The SMILES string of the molecule is O=[N+]([O-])c1cccc(/C=C/C=Nc2ccc3oc(-c4ccc(I)cc4)nc3c2)c1. The van der Waals surface area contributed by atoms with Crippen LogP contribution >= 0.6 is 22.6 Å². The van der Waals surface area contributed by atoms with Gasteiger partial charge in [0.15, 0.2) is 5.58 Å². The molecule has 142 valence electrons. The van der Waals surface area contributed by atoms with Crippen molar-refractivity contribution in [2.75, 3.05) is 0 Å². The Kier molecular flexibility index (Phi) is 5.48. The van der Waals surface area contributed by atoms with Crippen LogP contribution in [0.4, 0.5) is 11.4 Å². The standard InChI is InChI=1S/C22H14IN3O3/c23-17-8-6-16(7-9-17)22-25-20-14-18(10-11-21(20)29-22)24-12-2-4-15-3-1-5-19(13-15)26(27)28/h1-14H/b4-2+,24-12?. The fourth-order valence-electron chi connectivity index (χ4n) is 2.74. The van der Waals surface area contributed by atoms with E-state index in [9.17, 15) is 10.1 Å². The summed E-state index contributed by atoms with van der Waals surface area (Å²) >= 11 is 2.26. The van der Waals surface area contributed by atoms with Crippen molar-refractivity contribution in [2.24, 2.45) is 4.99 Å². The molecular weight excluding hydrogens is 481 g/mol. The van der Waals surface area contributed by atoms with Gasteiger partial charge < -0.3 is 4.42 Å². The van der Waals surface area contributed by atoms with E-state index in [2.05, 4.69) is 32.6 Å². The number of rotatable bonds is 5. The number of aliphatic imine (C=N–C) groups is 1. The Labute approximate surface area is 179 Å². The van der Waals surface area contributed by atoms with E-state index in [0.717, 1.165) is 25.9 Å². The maximum absolute atomic E-state index is 10.8. The molecule has 0 bridgehead atoms. The van der Waals surface area contributed by atoms with Gasteiger partial charge in [-0.05, 0) is 76.7 Å². The van der Waals surface area contributed by atoms with Crippen molar-refractivity contribution in [1.82, 2.24) is 4.98 Å². The second kappa shape index (κ2) is 8.36. The molecule has 0 radical (unpaired) electrons. The van der Waals surface area contributed by atoms with Crippen molar-refractivity contribution in [3.8, 4) is 11.5 Å². The van der Waals surface area contributed by atoms with Gasteiger partial charge in [0, 0.05) is 27.5 Å². The number of aromatic nitrogens is 1. The Hall–Kier alpha value is -3.33. The van der Waals surface area contributed by atoms with Crippen molar-refractivity contribution in [3.05, 3.63) is 92.1 Å². The number of oxazole rings is 1. The summed E-state index contributed by atoms with van der Waals surface area (Å²) < 4.78 is 6.98. The zero-order valence-electron chi connectivity index (χ0n) is 15.0. The molecule has 0 atom stereocenters. The molecule has 0 aliphatic carbocycles. The Morgan fingerprint density at radius 3 is 2.69 bits per heavy atom. The average molecular weight is 495 g/mol. The summed E-state index contributed by atoms with van der Waals surface area (Å²) in [5.74, 6) is 0.572. The number of nitro groups is 1. The van der Waals surface area contributed by atoms with Crippen LogP contribution in [0.1, 0.15) is 5.56 Å². The minimum Gasteiger partial charge on any atom is -0.436 e. The summed E-state index contributed by atoms with van der Waals surface area (Å²) in [5, 5.41) is 10.8. The van der Waals surface area contributed by atoms with Crippen LogP contribution in [0, 0.1) is 13.7 Å². The van der Waals surface area contributed by atoms with E-state index in [4.69, 9.17) is 4.42 Å². The van der Waals surface area contributed by atoms with Crippen LogP contribution in [0.3, 0.4) is 0 Å². The quantitative estimate of drug-likeness (QED) is 0.138. The van der Waals surface area contributed by atoms with E-state index >= 15 is 0 Å². The van der Waals surface area contributed by atoms with Crippen molar-refractivity contribution < 1.29 is 9.34 Å². The second-order valence-electron chi connectivity index (χ2n) is 6.17. The third-order valence-electron chi connectivity index (χ3n) is 4.14. The lowest BCUT2D eigenvalue weighted by atomic mass is 10.2. The molecule has 0 amide bonds. The van der Waals surface area contributed by atoms with Crippen molar-refractivity contribution in [1.29, 1.82) is 0 Å². The third-order valence-corrected chi connectivity index (χ3v) is 4.86. The second-order valence-corrected chi connectivity index (χ2v) is 7.41. The molecule has 0 N–H and O–H groups in total. The molecule has 1 heterocycles. The molecule has 7 heteroatoms. The molecule has 0 unspecified atom stereocenters. The predicted molar refractivity (Wildman–Crippen MR) is 122 cm³/mol. The monoisotopic (exact) mass is 495 g/mol. The largest absolute Gasteiger partial charge is 0.436 e. The first-order valence-corrected chi connectivity index (χ1v) is 9.78. The Morgan fingerprint density at radius 2 is 1.90 bits per heavy atom. The van der Waals surface area contributed by atoms with Crippen LogP contribution in [-0.4, -0.2) is 16.1 Å². The van der Waals surface area contributed by atoms with Crippen LogP contribution in [0.5, 0.6) is 0 Å². The van der Waals surface area contributed by atoms with E-state index in [1.165, 1.54) is 12.1 Å². The number of fused-ring (bicyclic) bond motifs is 1. The zero-order valence-corrected chi connectivity index (χ0v) is 17.2. The fourth-order valence-corrected chi connectivity index (χ4v) is 3.10. The highest BCUT2D eigenvalue weighted by Gasteiger charge is 2.08. The number of nitro benzene ring substituents is 1. The predicted octanol–water partition coefficient (Wildman–Crippen LogP) is 6.42. The lowest BCUT2D eigenvalue weighted by molar-refractivity contribution is -0.384. The van der Waals surface area contributed by atoms with Gasteiger partial charge in [-0.15, -0.1) is 0 Å². The van der Waals surface area contributed by atoms with Crippen LogP contribution in [0.2, 0.25) is 0 Å². The molecule has 0 aliphatic heterocycles. The van der Waals surface area contributed by atoms with Crippen LogP contribution in [0.25, 0.3) is 28.6 Å². The summed E-state index contributed by atoms with van der Waals surface area (Å²) in [6.45, 7) is 0.